The van der Waals surface area contributed by atoms with Crippen molar-refractivity contribution in [1.29, 1.82) is 0 Å². The number of alkyl halides is 3. The molecule has 0 heterocycles. The molecule has 0 saturated carbocycles. The average Bonchev–Trinajstić information content (AvgIpc) is 2.36. The molecule has 0 unspecified atom stereocenters. The first-order chi connectivity index (χ1) is 9.76. The van der Waals surface area contributed by atoms with Crippen LogP contribution in [-0.2, 0) is 0 Å². The van der Waals surface area contributed by atoms with Crippen LogP contribution in [0.4, 0.5) is 13.2 Å². The van der Waals surface area contributed by atoms with Gasteiger partial charge in [-0.2, -0.15) is 0 Å². The molecule has 3 nitrogen and oxygen atoms in total. The molecular weight excluding hydrogens is 309 g/mol. The zero-order chi connectivity index (χ0) is 15.6. The molecule has 0 aliphatic heterocycles. The fraction of sp³-hybridized carbons (Fsp3) is 0.0714. The van der Waals surface area contributed by atoms with Gasteiger partial charge in [-0.3, -0.25) is 0 Å². The quantitative estimate of drug-likeness (QED) is 0.900. The summed E-state index contributed by atoms with van der Waals surface area (Å²) < 4.78 is 40.3. The average molecular weight is 317 g/mol. The molecule has 7 heteroatoms. The molecule has 0 bridgehead atoms. The minimum Gasteiger partial charge on any atom is -0.478 e. The van der Waals surface area contributed by atoms with E-state index in [0.717, 1.165) is 0 Å². The normalized spacial score (nSPS) is 11.2. The maximum Gasteiger partial charge on any atom is 0.573 e. The summed E-state index contributed by atoms with van der Waals surface area (Å²) in [7, 11) is 0. The Balaban J connectivity index is 2.36. The lowest BCUT2D eigenvalue weighted by Gasteiger charge is -2.10. The second-order valence-corrected chi connectivity index (χ2v) is 4.48. The van der Waals surface area contributed by atoms with Crippen LogP contribution in [0.2, 0.25) is 5.02 Å². The van der Waals surface area contributed by atoms with E-state index in [9.17, 15) is 18.0 Å². The van der Waals surface area contributed by atoms with Gasteiger partial charge in [0.25, 0.3) is 0 Å². The van der Waals surface area contributed by atoms with Gasteiger partial charge in [0, 0.05) is 0 Å². The zero-order valence-corrected chi connectivity index (χ0v) is 11.1. The lowest BCUT2D eigenvalue weighted by atomic mass is 10.0. The van der Waals surface area contributed by atoms with E-state index < -0.39 is 12.3 Å². The van der Waals surface area contributed by atoms with Crippen molar-refractivity contribution in [3.63, 3.8) is 0 Å². The van der Waals surface area contributed by atoms with Crippen LogP contribution in [0, 0.1) is 0 Å². The van der Waals surface area contributed by atoms with Crippen molar-refractivity contribution in [3.8, 4) is 16.9 Å². The van der Waals surface area contributed by atoms with E-state index in [1.54, 1.807) is 6.07 Å². The summed E-state index contributed by atoms with van der Waals surface area (Å²) in [5, 5.41) is 8.87. The molecule has 0 fully saturated rings. The third-order valence-corrected chi connectivity index (χ3v) is 2.91. The third kappa shape index (κ3) is 3.88. The van der Waals surface area contributed by atoms with Crippen LogP contribution in [0.25, 0.3) is 11.1 Å². The van der Waals surface area contributed by atoms with Crippen LogP contribution >= 0.6 is 11.6 Å². The third-order valence-electron chi connectivity index (χ3n) is 2.60. The molecule has 21 heavy (non-hydrogen) atoms. The highest BCUT2D eigenvalue weighted by Gasteiger charge is 2.31. The fourth-order valence-electron chi connectivity index (χ4n) is 1.74. The van der Waals surface area contributed by atoms with Gasteiger partial charge < -0.3 is 9.84 Å². The molecule has 0 aliphatic carbocycles. The van der Waals surface area contributed by atoms with Gasteiger partial charge in [-0.25, -0.2) is 4.79 Å². The van der Waals surface area contributed by atoms with E-state index in [2.05, 4.69) is 4.74 Å². The molecule has 0 saturated heterocycles. The molecule has 0 atom stereocenters. The van der Waals surface area contributed by atoms with Crippen molar-refractivity contribution >= 4 is 17.6 Å². The Morgan fingerprint density at radius 1 is 1.10 bits per heavy atom. The van der Waals surface area contributed by atoms with Crippen molar-refractivity contribution in [2.75, 3.05) is 0 Å². The molecule has 2 rings (SSSR count). The number of aromatic carboxylic acids is 1. The number of ether oxygens (including phenoxy) is 1. The van der Waals surface area contributed by atoms with Crippen LogP contribution in [0.5, 0.6) is 5.75 Å². The second-order valence-electron chi connectivity index (χ2n) is 4.08. The SMILES string of the molecule is O=C(O)c1ccc(-c2cccc(OC(F)(F)F)c2)cc1Cl. The summed E-state index contributed by atoms with van der Waals surface area (Å²) in [4.78, 5) is 10.9. The monoisotopic (exact) mass is 316 g/mol. The minimum absolute atomic E-state index is 0.00198. The number of benzene rings is 2. The van der Waals surface area contributed by atoms with E-state index in [4.69, 9.17) is 16.7 Å². The Morgan fingerprint density at radius 2 is 1.76 bits per heavy atom. The molecule has 0 aromatic heterocycles. The first kappa shape index (κ1) is 15.2. The van der Waals surface area contributed by atoms with Gasteiger partial charge in [0.1, 0.15) is 5.75 Å². The van der Waals surface area contributed by atoms with Crippen molar-refractivity contribution in [2.24, 2.45) is 0 Å². The summed E-state index contributed by atoms with van der Waals surface area (Å²) >= 11 is 5.83. The van der Waals surface area contributed by atoms with Crippen LogP contribution in [-0.4, -0.2) is 17.4 Å². The van der Waals surface area contributed by atoms with Crippen LogP contribution in [0.3, 0.4) is 0 Å². The van der Waals surface area contributed by atoms with E-state index >= 15 is 0 Å². The Morgan fingerprint density at radius 3 is 2.33 bits per heavy atom. The van der Waals surface area contributed by atoms with Gasteiger partial charge >= 0.3 is 12.3 Å². The molecule has 0 spiro atoms. The van der Waals surface area contributed by atoms with Crippen molar-refractivity contribution < 1.29 is 27.8 Å². The number of carbonyl (C=O) groups is 1. The first-order valence-corrected chi connectivity index (χ1v) is 6.03. The number of carboxylic acid groups (broad SMARTS) is 1. The van der Waals surface area contributed by atoms with Crippen molar-refractivity contribution in [2.45, 2.75) is 6.36 Å². The van der Waals surface area contributed by atoms with E-state index in [-0.39, 0.29) is 16.3 Å². The van der Waals surface area contributed by atoms with Crippen LogP contribution in [0.1, 0.15) is 10.4 Å². The summed E-state index contributed by atoms with van der Waals surface area (Å²) in [5.41, 5.74) is 0.830. The molecule has 1 N–H and O–H groups in total. The topological polar surface area (TPSA) is 46.5 Å². The minimum atomic E-state index is -4.77. The molecule has 0 radical (unpaired) electrons. The Kier molecular flexibility index (Phi) is 4.09. The van der Waals surface area contributed by atoms with E-state index in [1.165, 1.54) is 36.4 Å². The predicted octanol–water partition coefficient (Wildman–Crippen LogP) is 4.60. The van der Waals surface area contributed by atoms with Crippen LogP contribution in [0.15, 0.2) is 42.5 Å². The van der Waals surface area contributed by atoms with Gasteiger partial charge in [0.05, 0.1) is 10.6 Å². The lowest BCUT2D eigenvalue weighted by Crippen LogP contribution is -2.17. The Labute approximate surface area is 122 Å². The molecular formula is C14H8ClF3O3. The largest absolute Gasteiger partial charge is 0.573 e. The van der Waals surface area contributed by atoms with Crippen molar-refractivity contribution in [3.05, 3.63) is 53.1 Å². The lowest BCUT2D eigenvalue weighted by molar-refractivity contribution is -0.274. The standard InChI is InChI=1S/C14H8ClF3O3/c15-12-7-9(4-5-11(12)13(19)20)8-2-1-3-10(6-8)21-14(16,17)18/h1-7H,(H,19,20). The van der Waals surface area contributed by atoms with Crippen molar-refractivity contribution in [1.82, 2.24) is 0 Å². The Bertz CT molecular complexity index is 683. The number of halogens is 4. The summed E-state index contributed by atoms with van der Waals surface area (Å²) in [6.07, 6.45) is -4.77. The van der Waals surface area contributed by atoms with E-state index in [0.29, 0.717) is 11.1 Å². The van der Waals surface area contributed by atoms with E-state index in [1.807, 2.05) is 0 Å². The maximum atomic E-state index is 12.2. The first-order valence-electron chi connectivity index (χ1n) is 5.65. The number of carboxylic acids is 1. The predicted molar refractivity (Wildman–Crippen MR) is 70.5 cm³/mol. The highest BCUT2D eigenvalue weighted by atomic mass is 35.5. The second kappa shape index (κ2) is 5.65. The van der Waals surface area contributed by atoms with Gasteiger partial charge in [-0.05, 0) is 35.4 Å². The molecule has 2 aromatic rings. The highest BCUT2D eigenvalue weighted by Crippen LogP contribution is 2.30. The van der Waals surface area contributed by atoms with Crippen LogP contribution < -0.4 is 4.74 Å². The highest BCUT2D eigenvalue weighted by molar-refractivity contribution is 6.33. The molecule has 0 aliphatic rings. The fourth-order valence-corrected chi connectivity index (χ4v) is 2.00. The molecule has 0 amide bonds. The summed E-state index contributed by atoms with van der Waals surface area (Å²) in [6.45, 7) is 0. The molecule has 110 valence electrons. The zero-order valence-electron chi connectivity index (χ0n) is 10.3. The molecule has 2 aromatic carbocycles. The maximum absolute atomic E-state index is 12.2. The van der Waals surface area contributed by atoms with Gasteiger partial charge in [-0.1, -0.05) is 29.8 Å². The van der Waals surface area contributed by atoms with Gasteiger partial charge in [0.2, 0.25) is 0 Å². The smallest absolute Gasteiger partial charge is 0.478 e. The van der Waals surface area contributed by atoms with Gasteiger partial charge in [0.15, 0.2) is 0 Å². The summed E-state index contributed by atoms with van der Waals surface area (Å²) in [5.74, 6) is -1.54. The Hall–Kier alpha value is -2.21. The number of rotatable bonds is 3. The summed E-state index contributed by atoms with van der Waals surface area (Å²) in [6, 6.07) is 9.45. The van der Waals surface area contributed by atoms with Gasteiger partial charge in [-0.15, -0.1) is 13.2 Å². The number of hydrogen-bond acceptors (Lipinski definition) is 2. The number of hydrogen-bond donors (Lipinski definition) is 1.